The molecule has 0 saturated carbocycles. The first-order chi connectivity index (χ1) is 18.4. The van der Waals surface area contributed by atoms with E-state index >= 15 is 0 Å². The molecule has 2 aromatic rings. The zero-order valence-corrected chi connectivity index (χ0v) is 24.7. The van der Waals surface area contributed by atoms with Crippen LogP contribution in [0.15, 0.2) is 47.6 Å². The van der Waals surface area contributed by atoms with Gasteiger partial charge in [0.15, 0.2) is 11.5 Å². The van der Waals surface area contributed by atoms with Crippen LogP contribution in [0, 0.1) is 5.41 Å². The lowest BCUT2D eigenvalue weighted by Crippen LogP contribution is -2.42. The maximum absolute atomic E-state index is 13.0. The van der Waals surface area contributed by atoms with E-state index in [0.717, 1.165) is 30.6 Å². The minimum absolute atomic E-state index is 0.0165. The summed E-state index contributed by atoms with van der Waals surface area (Å²) < 4.78 is 17.3. The Morgan fingerprint density at radius 2 is 1.51 bits per heavy atom. The van der Waals surface area contributed by atoms with Crippen molar-refractivity contribution in [2.45, 2.75) is 79.8 Å². The van der Waals surface area contributed by atoms with Crippen LogP contribution in [0.2, 0.25) is 0 Å². The van der Waals surface area contributed by atoms with E-state index in [1.54, 1.807) is 31.5 Å². The zero-order chi connectivity index (χ0) is 29.0. The summed E-state index contributed by atoms with van der Waals surface area (Å²) in [4.78, 5) is 26.7. The molecule has 39 heavy (non-hydrogen) atoms. The van der Waals surface area contributed by atoms with Crippen LogP contribution in [0.1, 0.15) is 83.7 Å². The van der Waals surface area contributed by atoms with Crippen molar-refractivity contribution in [3.8, 4) is 17.2 Å². The molecule has 0 fully saturated rings. The summed E-state index contributed by atoms with van der Waals surface area (Å²) in [6.45, 7) is 14.7. The minimum Gasteiger partial charge on any atom is -0.494 e. The highest BCUT2D eigenvalue weighted by Gasteiger charge is 2.23. The Balaban J connectivity index is 1.73. The second-order valence-corrected chi connectivity index (χ2v) is 11.0. The fraction of sp³-hybridized carbons (Fsp3) is 0.516. The van der Waals surface area contributed by atoms with Gasteiger partial charge in [-0.15, -0.1) is 0 Å². The number of methoxy groups -OCH3 is 1. The average Bonchev–Trinajstić information content (AvgIpc) is 2.87. The second-order valence-electron chi connectivity index (χ2n) is 11.0. The van der Waals surface area contributed by atoms with Crippen LogP contribution in [0.4, 0.5) is 0 Å². The number of amides is 2. The molecular weight excluding hydrogens is 494 g/mol. The topological polar surface area (TPSA) is 89.5 Å². The van der Waals surface area contributed by atoms with Crippen molar-refractivity contribution >= 4 is 18.0 Å². The normalized spacial score (nSPS) is 11.6. The Morgan fingerprint density at radius 3 is 2.08 bits per heavy atom. The van der Waals surface area contributed by atoms with Crippen LogP contribution in [0.25, 0.3) is 0 Å². The molecule has 0 unspecified atom stereocenters. The number of rotatable bonds is 14. The van der Waals surface area contributed by atoms with Crippen LogP contribution < -0.4 is 19.6 Å². The van der Waals surface area contributed by atoms with Crippen molar-refractivity contribution < 1.29 is 23.8 Å². The summed E-state index contributed by atoms with van der Waals surface area (Å²) in [5.74, 6) is 1.83. The molecule has 0 spiro atoms. The largest absolute Gasteiger partial charge is 0.494 e. The van der Waals surface area contributed by atoms with Crippen molar-refractivity contribution in [3.05, 3.63) is 53.6 Å². The SMILES string of the molecule is COc1cc(C(=O)N(C(C)C)C(C)C)ccc1OCCCCCOc1ccc(C=NNC(=O)C(C)(C)C)cc1. The van der Waals surface area contributed by atoms with E-state index in [1.807, 2.05) is 77.6 Å². The summed E-state index contributed by atoms with van der Waals surface area (Å²) in [6.07, 6.45) is 4.34. The molecule has 8 heteroatoms. The quantitative estimate of drug-likeness (QED) is 0.179. The molecule has 2 rings (SSSR count). The first kappa shape index (κ1) is 31.7. The van der Waals surface area contributed by atoms with Gasteiger partial charge in [-0.05, 0) is 95.0 Å². The number of nitrogens with one attached hydrogen (secondary N) is 1. The predicted molar refractivity (Wildman–Crippen MR) is 156 cm³/mol. The van der Waals surface area contributed by atoms with E-state index in [1.165, 1.54) is 0 Å². The maximum Gasteiger partial charge on any atom is 0.254 e. The van der Waals surface area contributed by atoms with Crippen LogP contribution in [0.3, 0.4) is 0 Å². The highest BCUT2D eigenvalue weighted by atomic mass is 16.5. The Kier molecular flexibility index (Phi) is 12.3. The van der Waals surface area contributed by atoms with Gasteiger partial charge in [-0.3, -0.25) is 9.59 Å². The fourth-order valence-electron chi connectivity index (χ4n) is 3.87. The average molecular weight is 540 g/mol. The zero-order valence-electron chi connectivity index (χ0n) is 24.7. The minimum atomic E-state index is -0.482. The number of ether oxygens (including phenoxy) is 3. The number of benzene rings is 2. The molecule has 0 saturated heterocycles. The predicted octanol–water partition coefficient (Wildman–Crippen LogP) is 6.08. The first-order valence-corrected chi connectivity index (χ1v) is 13.6. The first-order valence-electron chi connectivity index (χ1n) is 13.6. The van der Waals surface area contributed by atoms with E-state index in [-0.39, 0.29) is 23.9 Å². The van der Waals surface area contributed by atoms with Gasteiger partial charge in [0.2, 0.25) is 5.91 Å². The van der Waals surface area contributed by atoms with Gasteiger partial charge in [-0.1, -0.05) is 20.8 Å². The molecule has 2 aromatic carbocycles. The smallest absolute Gasteiger partial charge is 0.254 e. The van der Waals surface area contributed by atoms with Gasteiger partial charge in [0.05, 0.1) is 26.5 Å². The molecule has 0 aromatic heterocycles. The lowest BCUT2D eigenvalue weighted by atomic mass is 9.96. The number of nitrogens with zero attached hydrogens (tertiary/aromatic N) is 2. The van der Waals surface area contributed by atoms with E-state index in [9.17, 15) is 9.59 Å². The number of carbonyl (C=O) groups excluding carboxylic acids is 2. The summed E-state index contributed by atoms with van der Waals surface area (Å²) in [5, 5.41) is 4.00. The molecule has 0 atom stereocenters. The van der Waals surface area contributed by atoms with Crippen molar-refractivity contribution in [1.82, 2.24) is 10.3 Å². The van der Waals surface area contributed by atoms with Gasteiger partial charge in [0.25, 0.3) is 5.91 Å². The molecule has 0 aliphatic heterocycles. The monoisotopic (exact) mass is 539 g/mol. The molecule has 0 aliphatic rings. The molecule has 0 bridgehead atoms. The third-order valence-corrected chi connectivity index (χ3v) is 6.01. The third-order valence-electron chi connectivity index (χ3n) is 6.01. The number of hydrogen-bond acceptors (Lipinski definition) is 6. The van der Waals surface area contributed by atoms with Crippen LogP contribution >= 0.6 is 0 Å². The summed E-state index contributed by atoms with van der Waals surface area (Å²) >= 11 is 0. The second kappa shape index (κ2) is 15.1. The summed E-state index contributed by atoms with van der Waals surface area (Å²) in [7, 11) is 1.58. The van der Waals surface area contributed by atoms with E-state index in [2.05, 4.69) is 10.5 Å². The Hall–Kier alpha value is -3.55. The lowest BCUT2D eigenvalue weighted by molar-refractivity contribution is -0.128. The molecule has 2 amide bonds. The maximum atomic E-state index is 13.0. The highest BCUT2D eigenvalue weighted by molar-refractivity contribution is 5.95. The van der Waals surface area contributed by atoms with E-state index in [4.69, 9.17) is 14.2 Å². The van der Waals surface area contributed by atoms with Crippen LogP contribution in [-0.4, -0.2) is 55.3 Å². The van der Waals surface area contributed by atoms with Gasteiger partial charge in [0, 0.05) is 23.1 Å². The number of hydrazone groups is 1. The van der Waals surface area contributed by atoms with Crippen LogP contribution in [-0.2, 0) is 4.79 Å². The number of hydrogen-bond donors (Lipinski definition) is 1. The Labute approximate surface area is 233 Å². The molecule has 8 nitrogen and oxygen atoms in total. The highest BCUT2D eigenvalue weighted by Crippen LogP contribution is 2.29. The number of carbonyl (C=O) groups is 2. The lowest BCUT2D eigenvalue weighted by Gasteiger charge is -2.31. The van der Waals surface area contributed by atoms with Crippen molar-refractivity contribution in [1.29, 1.82) is 0 Å². The van der Waals surface area contributed by atoms with E-state index < -0.39 is 5.41 Å². The summed E-state index contributed by atoms with van der Waals surface area (Å²) in [5.41, 5.74) is 3.53. The van der Waals surface area contributed by atoms with Gasteiger partial charge < -0.3 is 19.1 Å². The van der Waals surface area contributed by atoms with Gasteiger partial charge in [0.1, 0.15) is 5.75 Å². The van der Waals surface area contributed by atoms with Gasteiger partial charge in [-0.25, -0.2) is 5.43 Å². The van der Waals surface area contributed by atoms with Gasteiger partial charge in [-0.2, -0.15) is 5.10 Å². The van der Waals surface area contributed by atoms with Crippen molar-refractivity contribution in [2.75, 3.05) is 20.3 Å². The molecule has 214 valence electrons. The molecule has 0 heterocycles. The molecule has 1 N–H and O–H groups in total. The van der Waals surface area contributed by atoms with Crippen LogP contribution in [0.5, 0.6) is 17.2 Å². The van der Waals surface area contributed by atoms with Gasteiger partial charge >= 0.3 is 0 Å². The van der Waals surface area contributed by atoms with E-state index in [0.29, 0.717) is 30.3 Å². The molecular formula is C31H45N3O5. The standard InChI is InChI=1S/C31H45N3O5/c1-22(2)34(23(3)4)29(35)25-14-17-27(28(20-25)37-8)39-19-11-9-10-18-38-26-15-12-24(13-16-26)21-32-33-30(36)31(5,6)7/h12-17,20-23H,9-11,18-19H2,1-8H3,(H,33,36). The van der Waals surface area contributed by atoms with Crippen molar-refractivity contribution in [2.24, 2.45) is 10.5 Å². The molecule has 0 aliphatic carbocycles. The Morgan fingerprint density at radius 1 is 0.897 bits per heavy atom. The Bertz CT molecular complexity index is 1080. The molecule has 0 radical (unpaired) electrons. The number of unbranched alkanes of at least 4 members (excludes halogenated alkanes) is 2. The third kappa shape index (κ3) is 10.3. The van der Waals surface area contributed by atoms with Crippen molar-refractivity contribution in [3.63, 3.8) is 0 Å². The fourth-order valence-corrected chi connectivity index (χ4v) is 3.87. The summed E-state index contributed by atoms with van der Waals surface area (Å²) in [6, 6.07) is 13.1.